The first-order valence-electron chi connectivity index (χ1n) is 8.84. The van der Waals surface area contributed by atoms with E-state index in [4.69, 9.17) is 4.74 Å². The minimum absolute atomic E-state index is 0.138. The number of unbranched alkanes of at least 4 members (excludes halogenated alkanes) is 2. The number of nitrogens with one attached hydrogen (secondary N) is 1. The molecule has 1 atom stereocenters. The molecule has 0 spiro atoms. The number of carbonyl (C=O) groups is 2. The lowest BCUT2D eigenvalue weighted by Crippen LogP contribution is -2.24. The van der Waals surface area contributed by atoms with Crippen molar-refractivity contribution in [2.24, 2.45) is 0 Å². The minimum Gasteiger partial charge on any atom is -0.487 e. The first-order valence-corrected chi connectivity index (χ1v) is 9.72. The summed E-state index contributed by atoms with van der Waals surface area (Å²) in [6.07, 6.45) is 6.62. The van der Waals surface area contributed by atoms with E-state index < -0.39 is 0 Å². The van der Waals surface area contributed by atoms with E-state index in [1.807, 2.05) is 30.3 Å². The Kier molecular flexibility index (Phi) is 6.66. The van der Waals surface area contributed by atoms with Gasteiger partial charge in [0.15, 0.2) is 0 Å². The molecule has 1 aliphatic heterocycles. The fourth-order valence-corrected chi connectivity index (χ4v) is 3.68. The maximum Gasteiger partial charge on any atom is 0.286 e. The van der Waals surface area contributed by atoms with Crippen molar-refractivity contribution < 1.29 is 14.3 Å². The molecule has 1 N–H and O–H groups in total. The third kappa shape index (κ3) is 5.59. The summed E-state index contributed by atoms with van der Waals surface area (Å²) in [5.41, 5.74) is 2.19. The Morgan fingerprint density at radius 3 is 2.58 bits per heavy atom. The zero-order valence-electron chi connectivity index (χ0n) is 14.5. The highest BCUT2D eigenvalue weighted by Crippen LogP contribution is 2.24. The lowest BCUT2D eigenvalue weighted by molar-refractivity contribution is -0.119. The van der Waals surface area contributed by atoms with Gasteiger partial charge in [-0.2, -0.15) is 0 Å². The number of benzene rings is 1. The zero-order chi connectivity index (χ0) is 18.2. The van der Waals surface area contributed by atoms with Gasteiger partial charge in [0.1, 0.15) is 12.4 Å². The Bertz CT molecular complexity index is 734. The van der Waals surface area contributed by atoms with Gasteiger partial charge in [0, 0.05) is 6.20 Å². The summed E-state index contributed by atoms with van der Waals surface area (Å²) < 4.78 is 5.74. The molecule has 1 saturated heterocycles. The largest absolute Gasteiger partial charge is 0.487 e. The normalized spacial score (nSPS) is 16.5. The molecular weight excluding hydrogens is 348 g/mol. The van der Waals surface area contributed by atoms with Gasteiger partial charge < -0.3 is 4.74 Å². The number of amides is 2. The van der Waals surface area contributed by atoms with E-state index in [2.05, 4.69) is 22.4 Å². The predicted molar refractivity (Wildman–Crippen MR) is 102 cm³/mol. The summed E-state index contributed by atoms with van der Waals surface area (Å²) in [6.45, 7) is 0.468. The van der Waals surface area contributed by atoms with Crippen molar-refractivity contribution in [1.82, 2.24) is 10.3 Å². The van der Waals surface area contributed by atoms with Gasteiger partial charge >= 0.3 is 0 Å². The quantitative estimate of drug-likeness (QED) is 0.673. The molecule has 1 fully saturated rings. The van der Waals surface area contributed by atoms with Crippen LogP contribution in [0, 0.1) is 0 Å². The van der Waals surface area contributed by atoms with Gasteiger partial charge in [0.05, 0.1) is 10.9 Å². The van der Waals surface area contributed by atoms with Crippen LogP contribution in [0.15, 0.2) is 48.7 Å². The summed E-state index contributed by atoms with van der Waals surface area (Å²) in [5.74, 6) is 0.703. The summed E-state index contributed by atoms with van der Waals surface area (Å²) in [4.78, 5) is 26.8. The van der Waals surface area contributed by atoms with Crippen LogP contribution in [0.5, 0.6) is 5.75 Å². The van der Waals surface area contributed by atoms with Crippen LogP contribution in [0.25, 0.3) is 0 Å². The second-order valence-corrected chi connectivity index (χ2v) is 7.41. The fraction of sp³-hybridized carbons (Fsp3) is 0.350. The van der Waals surface area contributed by atoms with Gasteiger partial charge in [-0.05, 0) is 49.1 Å². The Morgan fingerprint density at radius 1 is 1.04 bits per heavy atom. The van der Waals surface area contributed by atoms with Gasteiger partial charge in [0.2, 0.25) is 5.91 Å². The second kappa shape index (κ2) is 9.38. The van der Waals surface area contributed by atoms with E-state index in [0.717, 1.165) is 55.3 Å². The Morgan fingerprint density at radius 2 is 1.88 bits per heavy atom. The van der Waals surface area contributed by atoms with Crippen LogP contribution < -0.4 is 10.1 Å². The summed E-state index contributed by atoms with van der Waals surface area (Å²) in [6, 6.07) is 13.9. The van der Waals surface area contributed by atoms with Crippen LogP contribution >= 0.6 is 11.8 Å². The predicted octanol–water partition coefficient (Wildman–Crippen LogP) is 4.12. The Labute approximate surface area is 157 Å². The van der Waals surface area contributed by atoms with E-state index in [1.165, 1.54) is 5.56 Å². The summed E-state index contributed by atoms with van der Waals surface area (Å²) in [5, 5.41) is 1.92. The maximum atomic E-state index is 11.5. The molecule has 2 heterocycles. The molecule has 5 nitrogen and oxygen atoms in total. The lowest BCUT2D eigenvalue weighted by atomic mass is 10.1. The topological polar surface area (TPSA) is 68.3 Å². The van der Waals surface area contributed by atoms with Gasteiger partial charge in [-0.3, -0.25) is 19.9 Å². The maximum absolute atomic E-state index is 11.5. The van der Waals surface area contributed by atoms with Crippen molar-refractivity contribution >= 4 is 22.9 Å². The molecule has 6 heteroatoms. The molecule has 1 aliphatic rings. The van der Waals surface area contributed by atoms with E-state index >= 15 is 0 Å². The summed E-state index contributed by atoms with van der Waals surface area (Å²) in [7, 11) is 0. The van der Waals surface area contributed by atoms with Crippen molar-refractivity contribution in [2.75, 3.05) is 0 Å². The molecular formula is C20H22N2O3S. The fourth-order valence-electron chi connectivity index (χ4n) is 2.81. The number of ether oxygens (including phenoxy) is 1. The highest BCUT2D eigenvalue weighted by Gasteiger charge is 2.30. The van der Waals surface area contributed by atoms with Crippen LogP contribution in [0.3, 0.4) is 0 Å². The van der Waals surface area contributed by atoms with Crippen LogP contribution in [-0.2, 0) is 17.8 Å². The van der Waals surface area contributed by atoms with Crippen LogP contribution in [0.1, 0.15) is 36.9 Å². The zero-order valence-corrected chi connectivity index (χ0v) is 15.3. The van der Waals surface area contributed by atoms with Crippen LogP contribution in [0.2, 0.25) is 0 Å². The highest BCUT2D eigenvalue weighted by atomic mass is 32.2. The summed E-state index contributed by atoms with van der Waals surface area (Å²) >= 11 is 1.11. The number of hydrogen-bond donors (Lipinski definition) is 1. The number of hydrogen-bond acceptors (Lipinski definition) is 5. The van der Waals surface area contributed by atoms with E-state index in [9.17, 15) is 9.59 Å². The van der Waals surface area contributed by atoms with Crippen LogP contribution in [-0.4, -0.2) is 21.4 Å². The molecule has 0 aliphatic carbocycles. The molecule has 2 aromatic rings. The standard InChI is InChI=1S/C20H22N2O3S/c23-19-18(26-20(24)22-19)8-3-1-2-6-15-9-11-17(12-10-15)25-14-16-7-4-5-13-21-16/h4-5,7,9-13,18H,1-3,6,8,14H2,(H,22,23,24). The van der Waals surface area contributed by atoms with Gasteiger partial charge in [0.25, 0.3) is 5.24 Å². The smallest absolute Gasteiger partial charge is 0.286 e. The van der Waals surface area contributed by atoms with E-state index in [1.54, 1.807) is 6.20 Å². The number of nitrogens with zero attached hydrogens (tertiary/aromatic N) is 1. The van der Waals surface area contributed by atoms with Crippen molar-refractivity contribution in [1.29, 1.82) is 0 Å². The number of rotatable bonds is 9. The molecule has 0 saturated carbocycles. The number of aryl methyl sites for hydroxylation is 1. The molecule has 0 bridgehead atoms. The van der Waals surface area contributed by atoms with Crippen molar-refractivity contribution in [3.63, 3.8) is 0 Å². The Hall–Kier alpha value is -2.34. The number of aromatic nitrogens is 1. The van der Waals surface area contributed by atoms with Gasteiger partial charge in [-0.25, -0.2) is 0 Å². The minimum atomic E-state index is -0.217. The first kappa shape index (κ1) is 18.5. The van der Waals surface area contributed by atoms with Crippen molar-refractivity contribution in [2.45, 2.75) is 44.0 Å². The van der Waals surface area contributed by atoms with Gasteiger partial charge in [-0.1, -0.05) is 42.8 Å². The lowest BCUT2D eigenvalue weighted by Gasteiger charge is -2.07. The monoisotopic (exact) mass is 370 g/mol. The average molecular weight is 370 g/mol. The molecule has 136 valence electrons. The number of imide groups is 1. The molecule has 0 radical (unpaired) electrons. The molecule has 3 rings (SSSR count). The highest BCUT2D eigenvalue weighted by molar-refractivity contribution is 8.15. The van der Waals surface area contributed by atoms with E-state index in [-0.39, 0.29) is 16.4 Å². The Balaban J connectivity index is 1.33. The number of thioether (sulfide) groups is 1. The molecule has 2 amide bonds. The molecule has 1 unspecified atom stereocenters. The van der Waals surface area contributed by atoms with Crippen molar-refractivity contribution in [3.05, 3.63) is 59.9 Å². The molecule has 26 heavy (non-hydrogen) atoms. The molecule has 1 aromatic heterocycles. The van der Waals surface area contributed by atoms with E-state index in [0.29, 0.717) is 6.61 Å². The third-order valence-corrected chi connectivity index (χ3v) is 5.29. The van der Waals surface area contributed by atoms with Crippen molar-refractivity contribution in [3.8, 4) is 5.75 Å². The molecule has 1 aromatic carbocycles. The SMILES string of the molecule is O=C1NC(=O)C(CCCCCc2ccc(OCc3ccccn3)cc2)S1. The number of pyridine rings is 1. The number of carbonyl (C=O) groups excluding carboxylic acids is 2. The average Bonchev–Trinajstić information content (AvgIpc) is 2.99. The second-order valence-electron chi connectivity index (χ2n) is 6.24. The van der Waals surface area contributed by atoms with Crippen LogP contribution in [0.4, 0.5) is 4.79 Å². The third-order valence-electron chi connectivity index (χ3n) is 4.23. The van der Waals surface area contributed by atoms with Gasteiger partial charge in [-0.15, -0.1) is 0 Å². The first-order chi connectivity index (χ1) is 12.7.